The van der Waals surface area contributed by atoms with Crippen LogP contribution in [0.2, 0.25) is 0 Å². The van der Waals surface area contributed by atoms with Crippen LogP contribution in [0.4, 0.5) is 5.82 Å². The van der Waals surface area contributed by atoms with E-state index in [0.717, 1.165) is 18.3 Å². The molecule has 0 aliphatic rings. The van der Waals surface area contributed by atoms with Gasteiger partial charge in [-0.3, -0.25) is 4.79 Å². The number of hydrogen-bond acceptors (Lipinski definition) is 7. The molecule has 10 nitrogen and oxygen atoms in total. The van der Waals surface area contributed by atoms with Crippen molar-refractivity contribution in [1.82, 2.24) is 9.71 Å². The van der Waals surface area contributed by atoms with Gasteiger partial charge in [0.15, 0.2) is 6.20 Å². The molecule has 0 bridgehead atoms. The van der Waals surface area contributed by atoms with Gasteiger partial charge in [-0.05, 0) is 22.4 Å². The number of sulfonamides is 1. The number of nitrogens with one attached hydrogen (secondary N) is 1. The normalized spacial score (nSPS) is 12.8. The SMILES string of the molecule is O=C(O)[C@@H](CCO)NS(=O)(=O)c1ccc([N+](=O)[O-])nc1. The minimum Gasteiger partial charge on any atom is -0.480 e. The highest BCUT2D eigenvalue weighted by atomic mass is 32.2. The van der Waals surface area contributed by atoms with Crippen LogP contribution in [0.15, 0.2) is 23.2 Å². The van der Waals surface area contributed by atoms with Crippen LogP contribution < -0.4 is 4.72 Å². The Labute approximate surface area is 113 Å². The van der Waals surface area contributed by atoms with Gasteiger partial charge >= 0.3 is 11.8 Å². The zero-order valence-electron chi connectivity index (χ0n) is 9.96. The third-order valence-electron chi connectivity index (χ3n) is 2.23. The minimum absolute atomic E-state index is 0.311. The maximum absolute atomic E-state index is 11.8. The average Bonchev–Trinajstić information content (AvgIpc) is 2.38. The molecule has 0 aromatic carbocycles. The number of carboxylic acid groups (broad SMARTS) is 1. The summed E-state index contributed by atoms with van der Waals surface area (Å²) in [6, 6.07) is 0.321. The zero-order chi connectivity index (χ0) is 15.3. The molecule has 0 spiro atoms. The second-order valence-electron chi connectivity index (χ2n) is 3.63. The van der Waals surface area contributed by atoms with Gasteiger partial charge in [0.05, 0.1) is 0 Å². The summed E-state index contributed by atoms with van der Waals surface area (Å²) in [6.07, 6.45) is 0.438. The van der Waals surface area contributed by atoms with E-state index in [1.165, 1.54) is 0 Å². The number of carbonyl (C=O) groups is 1. The van der Waals surface area contributed by atoms with Crippen LogP contribution in [0.1, 0.15) is 6.42 Å². The van der Waals surface area contributed by atoms with Crippen LogP contribution in [0, 0.1) is 10.1 Å². The van der Waals surface area contributed by atoms with E-state index in [9.17, 15) is 23.3 Å². The predicted molar refractivity (Wildman–Crippen MR) is 64.3 cm³/mol. The lowest BCUT2D eigenvalue weighted by molar-refractivity contribution is -0.389. The molecule has 1 heterocycles. The van der Waals surface area contributed by atoms with Crippen molar-refractivity contribution < 1.29 is 28.3 Å². The first-order valence-corrected chi connectivity index (χ1v) is 6.72. The third kappa shape index (κ3) is 3.94. The summed E-state index contributed by atoms with van der Waals surface area (Å²) in [5.74, 6) is -1.98. The van der Waals surface area contributed by atoms with E-state index >= 15 is 0 Å². The van der Waals surface area contributed by atoms with E-state index in [-0.39, 0.29) is 6.42 Å². The fourth-order valence-electron chi connectivity index (χ4n) is 1.26. The van der Waals surface area contributed by atoms with Crippen molar-refractivity contribution in [2.24, 2.45) is 0 Å². The molecule has 20 heavy (non-hydrogen) atoms. The van der Waals surface area contributed by atoms with Crippen LogP contribution in [-0.2, 0) is 14.8 Å². The Balaban J connectivity index is 2.98. The number of pyridine rings is 1. The number of aromatic nitrogens is 1. The van der Waals surface area contributed by atoms with Crippen LogP contribution in [0.3, 0.4) is 0 Å². The quantitative estimate of drug-likeness (QED) is 0.431. The van der Waals surface area contributed by atoms with Crippen molar-refractivity contribution in [3.8, 4) is 0 Å². The first-order chi connectivity index (χ1) is 9.27. The molecule has 0 saturated carbocycles. The van der Waals surface area contributed by atoms with Crippen molar-refractivity contribution >= 4 is 21.8 Å². The molecule has 0 unspecified atom stereocenters. The molecule has 11 heteroatoms. The third-order valence-corrected chi connectivity index (χ3v) is 3.69. The largest absolute Gasteiger partial charge is 0.480 e. The number of aliphatic hydroxyl groups is 1. The lowest BCUT2D eigenvalue weighted by atomic mass is 10.2. The maximum Gasteiger partial charge on any atom is 0.363 e. The fourth-order valence-corrected chi connectivity index (χ4v) is 2.42. The molecule has 1 atom stereocenters. The van der Waals surface area contributed by atoms with Crippen LogP contribution in [0.5, 0.6) is 0 Å². The molecule has 1 rings (SSSR count). The van der Waals surface area contributed by atoms with Gasteiger partial charge in [0.1, 0.15) is 10.9 Å². The van der Waals surface area contributed by atoms with E-state index in [2.05, 4.69) is 4.98 Å². The molecule has 0 radical (unpaired) electrons. The Hall–Kier alpha value is -2.11. The summed E-state index contributed by atoms with van der Waals surface area (Å²) < 4.78 is 25.5. The molecule has 0 aliphatic carbocycles. The zero-order valence-corrected chi connectivity index (χ0v) is 10.8. The first-order valence-electron chi connectivity index (χ1n) is 5.24. The number of aliphatic hydroxyl groups excluding tert-OH is 1. The van der Waals surface area contributed by atoms with Crippen molar-refractivity contribution in [2.75, 3.05) is 6.61 Å². The topological polar surface area (TPSA) is 160 Å². The summed E-state index contributed by atoms with van der Waals surface area (Å²) >= 11 is 0. The number of carboxylic acids is 1. The summed E-state index contributed by atoms with van der Waals surface area (Å²) in [5.41, 5.74) is 0. The number of rotatable bonds is 7. The van der Waals surface area contributed by atoms with Gasteiger partial charge in [-0.25, -0.2) is 8.42 Å². The Kier molecular flexibility index (Phi) is 5.07. The molecule has 0 aliphatic heterocycles. The van der Waals surface area contributed by atoms with E-state index < -0.39 is 44.3 Å². The predicted octanol–water partition coefficient (Wildman–Crippen LogP) is -0.896. The van der Waals surface area contributed by atoms with E-state index in [4.69, 9.17) is 10.2 Å². The lowest BCUT2D eigenvalue weighted by Crippen LogP contribution is -2.41. The average molecular weight is 305 g/mol. The summed E-state index contributed by atoms with van der Waals surface area (Å²) in [6.45, 7) is -0.516. The Morgan fingerprint density at radius 1 is 1.50 bits per heavy atom. The summed E-state index contributed by atoms with van der Waals surface area (Å²) in [5, 5.41) is 27.8. The van der Waals surface area contributed by atoms with Crippen LogP contribution >= 0.6 is 0 Å². The molecule has 1 aromatic rings. The molecule has 0 amide bonds. The number of hydrogen-bond donors (Lipinski definition) is 3. The van der Waals surface area contributed by atoms with Gasteiger partial charge < -0.3 is 20.3 Å². The standard InChI is InChI=1S/C9H11N3O7S/c13-4-3-7(9(14)15)11-20(18,19)6-1-2-8(10-5-6)12(16)17/h1-2,5,7,11,13H,3-4H2,(H,14,15)/t7-/m1/s1. The van der Waals surface area contributed by atoms with E-state index in [1.807, 2.05) is 4.72 Å². The Bertz CT molecular complexity index is 598. The second kappa shape index (κ2) is 6.36. The minimum atomic E-state index is -4.20. The Morgan fingerprint density at radius 2 is 2.15 bits per heavy atom. The fraction of sp³-hybridized carbons (Fsp3) is 0.333. The number of nitro groups is 1. The van der Waals surface area contributed by atoms with E-state index in [0.29, 0.717) is 0 Å². The molecule has 0 saturated heterocycles. The van der Waals surface area contributed by atoms with Crippen molar-refractivity contribution in [3.05, 3.63) is 28.4 Å². The van der Waals surface area contributed by atoms with Gasteiger partial charge in [0.2, 0.25) is 10.0 Å². The van der Waals surface area contributed by atoms with Gasteiger partial charge in [-0.1, -0.05) is 0 Å². The molecule has 110 valence electrons. The molecular weight excluding hydrogens is 294 g/mol. The van der Waals surface area contributed by atoms with Crippen molar-refractivity contribution in [1.29, 1.82) is 0 Å². The number of nitrogens with zero attached hydrogens (tertiary/aromatic N) is 2. The molecule has 0 fully saturated rings. The highest BCUT2D eigenvalue weighted by Gasteiger charge is 2.26. The molecular formula is C9H11N3O7S. The van der Waals surface area contributed by atoms with Crippen LogP contribution in [-0.4, -0.2) is 47.2 Å². The van der Waals surface area contributed by atoms with Crippen molar-refractivity contribution in [3.63, 3.8) is 0 Å². The van der Waals surface area contributed by atoms with Crippen molar-refractivity contribution in [2.45, 2.75) is 17.4 Å². The molecule has 1 aromatic heterocycles. The van der Waals surface area contributed by atoms with Gasteiger partial charge in [0.25, 0.3) is 0 Å². The molecule has 3 N–H and O–H groups in total. The van der Waals surface area contributed by atoms with Crippen LogP contribution in [0.25, 0.3) is 0 Å². The Morgan fingerprint density at radius 3 is 2.55 bits per heavy atom. The lowest BCUT2D eigenvalue weighted by Gasteiger charge is -2.12. The van der Waals surface area contributed by atoms with Gasteiger partial charge in [-0.2, -0.15) is 4.72 Å². The first kappa shape index (κ1) is 15.9. The van der Waals surface area contributed by atoms with Gasteiger partial charge in [-0.15, -0.1) is 0 Å². The van der Waals surface area contributed by atoms with Gasteiger partial charge in [0, 0.05) is 12.7 Å². The summed E-state index contributed by atoms with van der Waals surface area (Å²) in [7, 11) is -4.20. The highest BCUT2D eigenvalue weighted by Crippen LogP contribution is 2.13. The second-order valence-corrected chi connectivity index (χ2v) is 5.35. The maximum atomic E-state index is 11.8. The number of aliphatic carboxylic acids is 1. The summed E-state index contributed by atoms with van der Waals surface area (Å²) in [4.78, 5) is 23.3. The smallest absolute Gasteiger partial charge is 0.363 e. The van der Waals surface area contributed by atoms with E-state index in [1.54, 1.807) is 0 Å². The highest BCUT2D eigenvalue weighted by molar-refractivity contribution is 7.89. The monoisotopic (exact) mass is 305 g/mol.